The molecule has 1 amide bonds. The number of fused-ring (bicyclic) bond motifs is 1. The number of hydrogen-bond acceptors (Lipinski definition) is 5. The van der Waals surface area contributed by atoms with Crippen LogP contribution in [0.3, 0.4) is 0 Å². The van der Waals surface area contributed by atoms with E-state index in [9.17, 15) is 14.7 Å². The maximum atomic E-state index is 12.8. The Morgan fingerprint density at radius 1 is 1.06 bits per heavy atom. The highest BCUT2D eigenvalue weighted by atomic mass is 16.3. The van der Waals surface area contributed by atoms with E-state index in [1.165, 1.54) is 10.9 Å². The molecule has 2 heterocycles. The molecule has 5 rings (SSSR count). The molecule has 1 unspecified atom stereocenters. The van der Waals surface area contributed by atoms with Gasteiger partial charge in [0.15, 0.2) is 0 Å². The zero-order chi connectivity index (χ0) is 25.1. The van der Waals surface area contributed by atoms with E-state index in [2.05, 4.69) is 15.6 Å². The summed E-state index contributed by atoms with van der Waals surface area (Å²) in [5.41, 5.74) is 3.14. The molecule has 7 nitrogen and oxygen atoms in total. The largest absolute Gasteiger partial charge is 0.387 e. The van der Waals surface area contributed by atoms with Gasteiger partial charge in [0.05, 0.1) is 23.3 Å². The molecule has 0 radical (unpaired) electrons. The van der Waals surface area contributed by atoms with E-state index in [0.717, 1.165) is 30.4 Å². The van der Waals surface area contributed by atoms with Gasteiger partial charge in [0.2, 0.25) is 5.91 Å². The third-order valence-corrected chi connectivity index (χ3v) is 6.99. The highest BCUT2D eigenvalue weighted by molar-refractivity contribution is 5.93. The summed E-state index contributed by atoms with van der Waals surface area (Å²) in [5, 5.41) is 17.7. The van der Waals surface area contributed by atoms with Gasteiger partial charge >= 0.3 is 0 Å². The van der Waals surface area contributed by atoms with Crippen LogP contribution in [0.5, 0.6) is 0 Å². The smallest absolute Gasteiger partial charge is 0.261 e. The molecule has 1 fully saturated rings. The van der Waals surface area contributed by atoms with E-state index in [-0.39, 0.29) is 17.5 Å². The van der Waals surface area contributed by atoms with E-state index < -0.39 is 12.1 Å². The summed E-state index contributed by atoms with van der Waals surface area (Å²) in [7, 11) is 0. The fraction of sp³-hybridized carbons (Fsp3) is 0.276. The Morgan fingerprint density at radius 3 is 2.56 bits per heavy atom. The molecule has 3 aromatic carbocycles. The van der Waals surface area contributed by atoms with Gasteiger partial charge in [-0.15, -0.1) is 0 Å². The molecule has 1 aliphatic heterocycles. The first-order valence-corrected chi connectivity index (χ1v) is 12.3. The second-order valence-electron chi connectivity index (χ2n) is 9.44. The number of hydrogen-bond donors (Lipinski definition) is 3. The molecule has 0 saturated carbocycles. The number of anilines is 1. The number of benzene rings is 3. The van der Waals surface area contributed by atoms with Crippen LogP contribution < -0.4 is 16.2 Å². The van der Waals surface area contributed by atoms with Crippen LogP contribution in [0.25, 0.3) is 10.9 Å². The molecule has 1 saturated heterocycles. The van der Waals surface area contributed by atoms with Gasteiger partial charge in [-0.25, -0.2) is 4.98 Å². The first-order valence-electron chi connectivity index (χ1n) is 12.3. The van der Waals surface area contributed by atoms with Crippen LogP contribution >= 0.6 is 0 Å². The van der Waals surface area contributed by atoms with Crippen molar-refractivity contribution in [3.8, 4) is 0 Å². The number of rotatable bonds is 7. The van der Waals surface area contributed by atoms with E-state index in [0.29, 0.717) is 22.6 Å². The maximum Gasteiger partial charge on any atom is 0.261 e. The molecule has 4 aromatic rings. The van der Waals surface area contributed by atoms with E-state index in [4.69, 9.17) is 0 Å². The molecule has 3 N–H and O–H groups in total. The fourth-order valence-electron chi connectivity index (χ4n) is 4.88. The molecule has 1 aliphatic rings. The minimum absolute atomic E-state index is 0.0467. The van der Waals surface area contributed by atoms with Crippen LogP contribution in [0.2, 0.25) is 0 Å². The number of carbonyl (C=O) groups is 1. The number of aromatic nitrogens is 2. The highest BCUT2D eigenvalue weighted by Crippen LogP contribution is 2.27. The molecule has 7 heteroatoms. The van der Waals surface area contributed by atoms with Crippen LogP contribution in [0, 0.1) is 0 Å². The zero-order valence-electron chi connectivity index (χ0n) is 20.2. The van der Waals surface area contributed by atoms with E-state index >= 15 is 0 Å². The molecule has 0 aliphatic carbocycles. The average Bonchev–Trinajstić information content (AvgIpc) is 3.38. The lowest BCUT2D eigenvalue weighted by Crippen LogP contribution is -2.35. The summed E-state index contributed by atoms with van der Waals surface area (Å²) in [4.78, 5) is 30.0. The highest BCUT2D eigenvalue weighted by Gasteiger charge is 2.29. The first-order chi connectivity index (χ1) is 17.5. The lowest BCUT2D eigenvalue weighted by atomic mass is 10.0. The lowest BCUT2D eigenvalue weighted by molar-refractivity contribution is -0.118. The van der Waals surface area contributed by atoms with Crippen molar-refractivity contribution in [2.75, 3.05) is 5.32 Å². The van der Waals surface area contributed by atoms with Crippen molar-refractivity contribution in [3.63, 3.8) is 0 Å². The summed E-state index contributed by atoms with van der Waals surface area (Å²) in [6, 6.07) is 24.3. The summed E-state index contributed by atoms with van der Waals surface area (Å²) in [6.45, 7) is 1.69. The molecular weight excluding hydrogens is 452 g/mol. The van der Waals surface area contributed by atoms with Crippen LogP contribution in [0.1, 0.15) is 43.0 Å². The Balaban J connectivity index is 1.18. The zero-order valence-corrected chi connectivity index (χ0v) is 20.2. The van der Waals surface area contributed by atoms with Gasteiger partial charge in [0, 0.05) is 17.8 Å². The Kier molecular flexibility index (Phi) is 6.93. The molecule has 36 heavy (non-hydrogen) atoms. The molecule has 0 bridgehead atoms. The number of carbonyl (C=O) groups excluding carboxylic acids is 1. The number of nitrogens with one attached hydrogen (secondary N) is 2. The average molecular weight is 483 g/mol. The van der Waals surface area contributed by atoms with Crippen LogP contribution in [-0.2, 0) is 11.2 Å². The summed E-state index contributed by atoms with van der Waals surface area (Å²) in [6.07, 6.45) is 3.69. The predicted molar refractivity (Wildman–Crippen MR) is 141 cm³/mol. The SMILES string of the molecule is CC(C(=O)Nc1ccc(C[C@@H]2CC[C@H]([C@H](O)c3ccccc3)N2)cc1)n1cnc2ccccc2c1=O. The van der Waals surface area contributed by atoms with Gasteiger partial charge < -0.3 is 15.7 Å². The fourth-order valence-corrected chi connectivity index (χ4v) is 4.88. The van der Waals surface area contributed by atoms with Crippen molar-refractivity contribution in [2.45, 2.75) is 50.4 Å². The Labute approximate surface area is 209 Å². The van der Waals surface area contributed by atoms with Crippen molar-refractivity contribution >= 4 is 22.5 Å². The minimum atomic E-state index is -0.704. The standard InChI is InChI=1S/C29H30N4O3/c1-19(33-18-30-25-10-6-5-9-24(25)29(33)36)28(35)32-22-13-11-20(12-14-22)17-23-15-16-26(31-23)27(34)21-7-3-2-4-8-21/h2-14,18-19,23,26-27,31,34H,15-17H2,1H3,(H,32,35)/t19?,23-,26+,27+/m0/s1. The van der Waals surface area contributed by atoms with Crippen LogP contribution in [0.15, 0.2) is 90.0 Å². The summed E-state index contributed by atoms with van der Waals surface area (Å²) >= 11 is 0. The number of aliphatic hydroxyl groups excluding tert-OH is 1. The van der Waals surface area contributed by atoms with Gasteiger partial charge in [-0.1, -0.05) is 54.6 Å². The van der Waals surface area contributed by atoms with Gasteiger partial charge in [-0.3, -0.25) is 14.2 Å². The monoisotopic (exact) mass is 482 g/mol. The summed E-state index contributed by atoms with van der Waals surface area (Å²) < 4.78 is 1.36. The normalized spacial score (nSPS) is 19.2. The van der Waals surface area contributed by atoms with Crippen molar-refractivity contribution in [2.24, 2.45) is 0 Å². The van der Waals surface area contributed by atoms with Crippen molar-refractivity contribution in [1.82, 2.24) is 14.9 Å². The van der Waals surface area contributed by atoms with Crippen LogP contribution in [0.4, 0.5) is 5.69 Å². The number of aliphatic hydroxyl groups is 1. The Bertz CT molecular complexity index is 1400. The topological polar surface area (TPSA) is 96.2 Å². The van der Waals surface area contributed by atoms with Crippen molar-refractivity contribution in [1.29, 1.82) is 0 Å². The maximum absolute atomic E-state index is 12.8. The van der Waals surface area contributed by atoms with Crippen molar-refractivity contribution in [3.05, 3.63) is 107 Å². The van der Waals surface area contributed by atoms with Gasteiger partial charge in [-0.2, -0.15) is 0 Å². The van der Waals surface area contributed by atoms with Gasteiger partial charge in [0.25, 0.3) is 5.56 Å². The second kappa shape index (κ2) is 10.4. The third-order valence-electron chi connectivity index (χ3n) is 6.99. The third kappa shape index (κ3) is 5.08. The second-order valence-corrected chi connectivity index (χ2v) is 9.44. The number of amides is 1. The van der Waals surface area contributed by atoms with Crippen LogP contribution in [-0.4, -0.2) is 32.6 Å². The molecule has 1 aromatic heterocycles. The minimum Gasteiger partial charge on any atom is -0.387 e. The Morgan fingerprint density at radius 2 is 1.78 bits per heavy atom. The number of para-hydroxylation sites is 1. The van der Waals surface area contributed by atoms with Gasteiger partial charge in [0.1, 0.15) is 6.04 Å². The molecule has 4 atom stereocenters. The molecule has 184 valence electrons. The van der Waals surface area contributed by atoms with E-state index in [1.54, 1.807) is 25.1 Å². The quantitative estimate of drug-likeness (QED) is 0.370. The van der Waals surface area contributed by atoms with Crippen molar-refractivity contribution < 1.29 is 9.90 Å². The summed E-state index contributed by atoms with van der Waals surface area (Å²) in [5.74, 6) is -0.280. The first kappa shape index (κ1) is 23.9. The van der Waals surface area contributed by atoms with E-state index in [1.807, 2.05) is 60.7 Å². The molecular formula is C29H30N4O3. The lowest BCUT2D eigenvalue weighted by Gasteiger charge is -2.20. The van der Waals surface area contributed by atoms with Gasteiger partial charge in [-0.05, 0) is 61.6 Å². The Hall–Kier alpha value is -3.81. The number of nitrogens with zero attached hydrogens (tertiary/aromatic N) is 2. The molecule has 0 spiro atoms. The predicted octanol–water partition coefficient (Wildman–Crippen LogP) is 3.99.